The Morgan fingerprint density at radius 1 is 1.09 bits per heavy atom. The summed E-state index contributed by atoms with van der Waals surface area (Å²) in [5.74, 6) is 1.41. The lowest BCUT2D eigenvalue weighted by molar-refractivity contribution is -0.111. The van der Waals surface area contributed by atoms with E-state index in [2.05, 4.69) is 10.3 Å². The first kappa shape index (κ1) is 25.2. The third-order valence-corrected chi connectivity index (χ3v) is 7.95. The van der Waals surface area contributed by atoms with Gasteiger partial charge in [-0.05, 0) is 53.8 Å². The molecule has 1 N–H and O–H groups in total. The molecule has 35 heavy (non-hydrogen) atoms. The normalized spacial score (nSPS) is 13.6. The molecule has 1 aliphatic heterocycles. The number of hydrogen-bond acceptors (Lipinski definition) is 7. The number of rotatable bonds is 9. The maximum Gasteiger partial charge on any atom is 0.250 e. The fourth-order valence-electron chi connectivity index (χ4n) is 3.69. The number of aromatic nitrogens is 1. The highest BCUT2D eigenvalue weighted by Crippen LogP contribution is 2.33. The zero-order valence-electron chi connectivity index (χ0n) is 20.1. The van der Waals surface area contributed by atoms with Gasteiger partial charge < -0.3 is 9.47 Å². The molecule has 3 aromatic rings. The molecule has 0 bridgehead atoms. The van der Waals surface area contributed by atoms with Crippen LogP contribution in [0.2, 0.25) is 0 Å². The Kier molecular flexibility index (Phi) is 7.44. The fourth-order valence-corrected chi connectivity index (χ4v) is 6.47. The minimum atomic E-state index is -3.65. The third kappa shape index (κ3) is 6.01. The lowest BCUT2D eigenvalue weighted by Crippen LogP contribution is -2.37. The van der Waals surface area contributed by atoms with Crippen LogP contribution in [0.5, 0.6) is 11.5 Å². The van der Waals surface area contributed by atoms with Crippen LogP contribution in [0.25, 0.3) is 16.3 Å². The Balaban J connectivity index is 1.49. The lowest BCUT2D eigenvalue weighted by Gasteiger charge is -2.25. The Morgan fingerprint density at radius 3 is 2.51 bits per heavy atom. The van der Waals surface area contributed by atoms with Crippen LogP contribution in [-0.4, -0.2) is 43.5 Å². The summed E-state index contributed by atoms with van der Waals surface area (Å²) in [7, 11) is -3.65. The molecule has 10 heteroatoms. The van der Waals surface area contributed by atoms with Crippen molar-refractivity contribution in [2.24, 2.45) is 11.8 Å². The van der Waals surface area contributed by atoms with Gasteiger partial charge in [0.2, 0.25) is 22.7 Å². The average molecular weight is 516 g/mol. The molecule has 0 atom stereocenters. The van der Waals surface area contributed by atoms with Crippen molar-refractivity contribution in [3.63, 3.8) is 0 Å². The summed E-state index contributed by atoms with van der Waals surface area (Å²) in [6, 6.07) is 10.3. The van der Waals surface area contributed by atoms with Gasteiger partial charge in [-0.2, -0.15) is 4.31 Å². The van der Waals surface area contributed by atoms with E-state index in [0.717, 1.165) is 5.56 Å². The van der Waals surface area contributed by atoms with Gasteiger partial charge in [-0.1, -0.05) is 45.1 Å². The van der Waals surface area contributed by atoms with E-state index in [1.807, 2.05) is 33.8 Å². The average Bonchev–Trinajstić information content (AvgIpc) is 3.41. The highest BCUT2D eigenvalue weighted by Gasteiger charge is 2.26. The molecule has 4 rings (SSSR count). The van der Waals surface area contributed by atoms with E-state index < -0.39 is 10.0 Å². The van der Waals surface area contributed by atoms with E-state index in [1.165, 1.54) is 17.4 Å². The molecule has 1 aromatic heterocycles. The third-order valence-electron chi connectivity index (χ3n) is 5.19. The quantitative estimate of drug-likeness (QED) is 0.404. The number of sulfonamides is 1. The van der Waals surface area contributed by atoms with Crippen LogP contribution in [0.15, 0.2) is 47.4 Å². The van der Waals surface area contributed by atoms with E-state index in [4.69, 9.17) is 9.47 Å². The van der Waals surface area contributed by atoms with Crippen molar-refractivity contribution in [3.05, 3.63) is 48.0 Å². The second kappa shape index (κ2) is 10.3. The largest absolute Gasteiger partial charge is 0.454 e. The van der Waals surface area contributed by atoms with Crippen molar-refractivity contribution in [1.29, 1.82) is 0 Å². The number of amides is 1. The van der Waals surface area contributed by atoms with E-state index in [9.17, 15) is 13.2 Å². The molecule has 0 unspecified atom stereocenters. The van der Waals surface area contributed by atoms with Crippen LogP contribution in [0, 0.1) is 11.8 Å². The van der Waals surface area contributed by atoms with Crippen LogP contribution in [0.3, 0.4) is 0 Å². The van der Waals surface area contributed by atoms with Crippen LogP contribution in [0.1, 0.15) is 33.3 Å². The second-order valence-corrected chi connectivity index (χ2v) is 12.2. The molecule has 0 spiro atoms. The Labute approximate surface area is 209 Å². The predicted molar refractivity (Wildman–Crippen MR) is 138 cm³/mol. The van der Waals surface area contributed by atoms with E-state index in [1.54, 1.807) is 40.7 Å². The number of ether oxygens (including phenoxy) is 2. The van der Waals surface area contributed by atoms with E-state index in [-0.39, 0.29) is 29.4 Å². The summed E-state index contributed by atoms with van der Waals surface area (Å²) in [6.45, 7) is 9.13. The number of carbonyl (C=O) groups is 1. The molecule has 8 nitrogen and oxygen atoms in total. The van der Waals surface area contributed by atoms with Gasteiger partial charge in [-0.3, -0.25) is 10.1 Å². The molecular weight excluding hydrogens is 486 g/mol. The SMILES string of the molecule is CC(C)CN(CC(C)C)S(=O)(=O)c1ccc2nc(NC(=O)C=Cc3ccc4c(c3)OCO4)sc2c1. The molecular formula is C25H29N3O5S2. The summed E-state index contributed by atoms with van der Waals surface area (Å²) >= 11 is 1.24. The first-order chi connectivity index (χ1) is 16.6. The van der Waals surface area contributed by atoms with Gasteiger partial charge in [-0.25, -0.2) is 13.4 Å². The maximum atomic E-state index is 13.3. The molecule has 0 radical (unpaired) electrons. The molecule has 186 valence electrons. The zero-order chi connectivity index (χ0) is 25.2. The number of benzene rings is 2. The summed E-state index contributed by atoms with van der Waals surface area (Å²) in [4.78, 5) is 17.1. The van der Waals surface area contributed by atoms with Crippen molar-refractivity contribution in [3.8, 4) is 11.5 Å². The predicted octanol–water partition coefficient (Wildman–Crippen LogP) is 4.98. The van der Waals surface area contributed by atoms with Crippen LogP contribution >= 0.6 is 11.3 Å². The van der Waals surface area contributed by atoms with Crippen LogP contribution in [-0.2, 0) is 14.8 Å². The maximum absolute atomic E-state index is 13.3. The van der Waals surface area contributed by atoms with Crippen molar-refractivity contribution in [2.75, 3.05) is 25.2 Å². The number of carbonyl (C=O) groups excluding carboxylic acids is 1. The van der Waals surface area contributed by atoms with E-state index in [0.29, 0.717) is 39.9 Å². The Hall–Kier alpha value is -2.95. The van der Waals surface area contributed by atoms with Gasteiger partial charge >= 0.3 is 0 Å². The summed E-state index contributed by atoms with van der Waals surface area (Å²) in [5, 5.41) is 3.15. The molecule has 0 fully saturated rings. The van der Waals surface area contributed by atoms with Gasteiger partial charge in [0.05, 0.1) is 15.1 Å². The zero-order valence-corrected chi connectivity index (χ0v) is 21.8. The van der Waals surface area contributed by atoms with Crippen molar-refractivity contribution in [1.82, 2.24) is 9.29 Å². The molecule has 0 aliphatic carbocycles. The first-order valence-electron chi connectivity index (χ1n) is 11.4. The second-order valence-electron chi connectivity index (χ2n) is 9.19. The summed E-state index contributed by atoms with van der Waals surface area (Å²) in [6.07, 6.45) is 3.09. The number of thiazole rings is 1. The number of nitrogens with one attached hydrogen (secondary N) is 1. The lowest BCUT2D eigenvalue weighted by atomic mass is 10.2. The first-order valence-corrected chi connectivity index (χ1v) is 13.7. The van der Waals surface area contributed by atoms with Crippen molar-refractivity contribution >= 4 is 48.7 Å². The van der Waals surface area contributed by atoms with Crippen molar-refractivity contribution < 1.29 is 22.7 Å². The fraction of sp³-hybridized carbons (Fsp3) is 0.360. The Bertz CT molecular complexity index is 1350. The highest BCUT2D eigenvalue weighted by atomic mass is 32.2. The molecule has 2 aromatic carbocycles. The number of anilines is 1. The van der Waals surface area contributed by atoms with Gasteiger partial charge in [-0.15, -0.1) is 0 Å². The van der Waals surface area contributed by atoms with Gasteiger partial charge in [0, 0.05) is 19.2 Å². The van der Waals surface area contributed by atoms with Crippen molar-refractivity contribution in [2.45, 2.75) is 32.6 Å². The topological polar surface area (TPSA) is 97.8 Å². The summed E-state index contributed by atoms with van der Waals surface area (Å²) in [5.41, 5.74) is 1.43. The number of fused-ring (bicyclic) bond motifs is 2. The molecule has 1 amide bonds. The van der Waals surface area contributed by atoms with Crippen LogP contribution in [0.4, 0.5) is 5.13 Å². The standard InChI is InChI=1S/C25H29N3O5S2/c1-16(2)13-28(14-17(3)4)35(30,31)19-7-8-20-23(12-19)34-25(26-20)27-24(29)10-6-18-5-9-21-22(11-18)33-15-32-21/h5-12,16-17H,13-15H2,1-4H3,(H,26,27,29). The minimum absolute atomic E-state index is 0.192. The molecule has 0 saturated carbocycles. The molecule has 2 heterocycles. The number of nitrogens with zero attached hydrogens (tertiary/aromatic N) is 2. The monoisotopic (exact) mass is 515 g/mol. The Morgan fingerprint density at radius 2 is 1.80 bits per heavy atom. The highest BCUT2D eigenvalue weighted by molar-refractivity contribution is 7.89. The van der Waals surface area contributed by atoms with Gasteiger partial charge in [0.25, 0.3) is 0 Å². The van der Waals surface area contributed by atoms with Crippen LogP contribution < -0.4 is 14.8 Å². The van der Waals surface area contributed by atoms with Gasteiger partial charge in [0.1, 0.15) is 0 Å². The minimum Gasteiger partial charge on any atom is -0.454 e. The van der Waals surface area contributed by atoms with Gasteiger partial charge in [0.15, 0.2) is 16.6 Å². The number of hydrogen-bond donors (Lipinski definition) is 1. The summed E-state index contributed by atoms with van der Waals surface area (Å²) < 4.78 is 39.6. The van der Waals surface area contributed by atoms with E-state index >= 15 is 0 Å². The molecule has 1 aliphatic rings. The smallest absolute Gasteiger partial charge is 0.250 e. The molecule has 0 saturated heterocycles.